The summed E-state index contributed by atoms with van der Waals surface area (Å²) in [6.45, 7) is 1.68. The maximum absolute atomic E-state index is 13.3. The van der Waals surface area contributed by atoms with E-state index >= 15 is 0 Å². The molecular formula is C26H22FN5O2. The second-order valence-corrected chi connectivity index (χ2v) is 7.54. The first-order valence-electron chi connectivity index (χ1n) is 10.6. The van der Waals surface area contributed by atoms with E-state index in [1.54, 1.807) is 54.7 Å². The first-order valence-corrected chi connectivity index (χ1v) is 10.6. The Hall–Kier alpha value is -4.59. The van der Waals surface area contributed by atoms with Crippen LogP contribution >= 0.6 is 0 Å². The molecule has 0 radical (unpaired) electrons. The van der Waals surface area contributed by atoms with E-state index in [4.69, 9.17) is 0 Å². The van der Waals surface area contributed by atoms with Crippen molar-refractivity contribution in [3.05, 3.63) is 102 Å². The molecule has 0 aliphatic rings. The number of amides is 2. The highest BCUT2D eigenvalue weighted by Crippen LogP contribution is 2.22. The Morgan fingerprint density at radius 1 is 0.912 bits per heavy atom. The largest absolute Gasteiger partial charge is 0.348 e. The molecule has 0 aliphatic heterocycles. The number of nitrogens with zero attached hydrogens (tertiary/aromatic N) is 2. The van der Waals surface area contributed by atoms with Crippen LogP contribution in [0.4, 0.5) is 21.7 Å². The van der Waals surface area contributed by atoms with E-state index < -0.39 is 0 Å². The summed E-state index contributed by atoms with van der Waals surface area (Å²) in [7, 11) is 0. The van der Waals surface area contributed by atoms with Crippen molar-refractivity contribution in [3.63, 3.8) is 0 Å². The monoisotopic (exact) mass is 455 g/mol. The molecule has 2 amide bonds. The lowest BCUT2D eigenvalue weighted by atomic mass is 10.1. The van der Waals surface area contributed by atoms with E-state index in [2.05, 4.69) is 25.9 Å². The molecule has 4 rings (SSSR count). The summed E-state index contributed by atoms with van der Waals surface area (Å²) < 4.78 is 13.3. The lowest BCUT2D eigenvalue weighted by Crippen LogP contribution is -2.22. The minimum atomic E-state index is -0.344. The predicted molar refractivity (Wildman–Crippen MR) is 129 cm³/mol. The summed E-state index contributed by atoms with van der Waals surface area (Å²) in [6, 6.07) is 22.2. The third-order valence-corrected chi connectivity index (χ3v) is 4.88. The molecule has 0 aliphatic carbocycles. The van der Waals surface area contributed by atoms with Gasteiger partial charge in [-0.1, -0.05) is 30.3 Å². The van der Waals surface area contributed by atoms with Crippen LogP contribution in [-0.2, 0) is 11.3 Å². The molecular weight excluding hydrogens is 433 g/mol. The van der Waals surface area contributed by atoms with Gasteiger partial charge in [-0.2, -0.15) is 0 Å². The standard InChI is InChI=1S/C26H22FN5O2/c1-17(33)30-22-10-8-19(9-11-22)24-12-13-28-26(32-24)31-23-7-3-5-20(15-23)25(34)29-16-18-4-2-6-21(27)14-18/h2-15H,16H2,1H3,(H,29,34)(H,30,33)(H,28,31,32). The van der Waals surface area contributed by atoms with E-state index in [-0.39, 0.29) is 24.2 Å². The van der Waals surface area contributed by atoms with E-state index in [0.717, 1.165) is 5.56 Å². The molecule has 0 fully saturated rings. The number of hydrogen-bond donors (Lipinski definition) is 3. The van der Waals surface area contributed by atoms with Gasteiger partial charge in [-0.15, -0.1) is 0 Å². The van der Waals surface area contributed by atoms with Crippen molar-refractivity contribution in [1.29, 1.82) is 0 Å². The summed E-state index contributed by atoms with van der Waals surface area (Å²) >= 11 is 0. The molecule has 0 saturated heterocycles. The van der Waals surface area contributed by atoms with Gasteiger partial charge in [0.05, 0.1) is 5.69 Å². The van der Waals surface area contributed by atoms with Crippen LogP contribution in [0.3, 0.4) is 0 Å². The molecule has 170 valence electrons. The maximum atomic E-state index is 13.3. The summed E-state index contributed by atoms with van der Waals surface area (Å²) in [5.41, 5.74) is 4.05. The summed E-state index contributed by atoms with van der Waals surface area (Å²) in [4.78, 5) is 32.5. The molecule has 0 bridgehead atoms. The lowest BCUT2D eigenvalue weighted by Gasteiger charge is -2.10. The van der Waals surface area contributed by atoms with Crippen LogP contribution in [-0.4, -0.2) is 21.8 Å². The molecule has 1 heterocycles. The van der Waals surface area contributed by atoms with Crippen molar-refractivity contribution in [2.45, 2.75) is 13.5 Å². The summed E-state index contributed by atoms with van der Waals surface area (Å²) in [5.74, 6) is -0.377. The van der Waals surface area contributed by atoms with Gasteiger partial charge >= 0.3 is 0 Å². The van der Waals surface area contributed by atoms with Crippen molar-refractivity contribution in [2.75, 3.05) is 10.6 Å². The Morgan fingerprint density at radius 3 is 2.47 bits per heavy atom. The number of carbonyl (C=O) groups is 2. The van der Waals surface area contributed by atoms with Gasteiger partial charge in [0.2, 0.25) is 11.9 Å². The van der Waals surface area contributed by atoms with E-state index in [1.807, 2.05) is 18.2 Å². The van der Waals surface area contributed by atoms with Gasteiger partial charge in [0.15, 0.2) is 0 Å². The number of benzene rings is 3. The molecule has 4 aromatic rings. The fourth-order valence-corrected chi connectivity index (χ4v) is 3.31. The van der Waals surface area contributed by atoms with Crippen LogP contribution in [0.15, 0.2) is 85.1 Å². The van der Waals surface area contributed by atoms with Gasteiger partial charge in [-0.3, -0.25) is 9.59 Å². The maximum Gasteiger partial charge on any atom is 0.251 e. The number of anilines is 3. The van der Waals surface area contributed by atoms with Gasteiger partial charge in [0.25, 0.3) is 5.91 Å². The average Bonchev–Trinajstić information content (AvgIpc) is 2.83. The second kappa shape index (κ2) is 10.4. The van der Waals surface area contributed by atoms with Gasteiger partial charge in [-0.25, -0.2) is 14.4 Å². The molecule has 7 nitrogen and oxygen atoms in total. The zero-order valence-corrected chi connectivity index (χ0v) is 18.4. The SMILES string of the molecule is CC(=O)Nc1ccc(-c2ccnc(Nc3cccc(C(=O)NCc4cccc(F)c4)c3)n2)cc1. The van der Waals surface area contributed by atoms with Crippen molar-refractivity contribution < 1.29 is 14.0 Å². The molecule has 0 unspecified atom stereocenters. The normalized spacial score (nSPS) is 10.4. The number of halogens is 1. The zero-order valence-electron chi connectivity index (χ0n) is 18.4. The Morgan fingerprint density at radius 2 is 1.71 bits per heavy atom. The van der Waals surface area contributed by atoms with Crippen LogP contribution in [0.5, 0.6) is 0 Å². The molecule has 3 aromatic carbocycles. The number of rotatable bonds is 7. The number of hydrogen-bond acceptors (Lipinski definition) is 5. The number of nitrogens with one attached hydrogen (secondary N) is 3. The lowest BCUT2D eigenvalue weighted by molar-refractivity contribution is -0.114. The van der Waals surface area contributed by atoms with Crippen molar-refractivity contribution >= 4 is 29.1 Å². The van der Waals surface area contributed by atoms with Crippen LogP contribution in [0.2, 0.25) is 0 Å². The van der Waals surface area contributed by atoms with Crippen LogP contribution < -0.4 is 16.0 Å². The van der Waals surface area contributed by atoms with Crippen LogP contribution in [0.25, 0.3) is 11.3 Å². The summed E-state index contributed by atoms with van der Waals surface area (Å²) in [6.07, 6.45) is 1.64. The van der Waals surface area contributed by atoms with Gasteiger partial charge in [0.1, 0.15) is 5.82 Å². The average molecular weight is 455 g/mol. The Kier molecular flexibility index (Phi) is 6.88. The summed E-state index contributed by atoms with van der Waals surface area (Å²) in [5, 5.41) is 8.64. The minimum Gasteiger partial charge on any atom is -0.348 e. The topological polar surface area (TPSA) is 96.0 Å². The fourth-order valence-electron chi connectivity index (χ4n) is 3.31. The Bertz CT molecular complexity index is 1320. The third-order valence-electron chi connectivity index (χ3n) is 4.88. The van der Waals surface area contributed by atoms with Crippen molar-refractivity contribution in [2.24, 2.45) is 0 Å². The minimum absolute atomic E-state index is 0.133. The van der Waals surface area contributed by atoms with Gasteiger partial charge < -0.3 is 16.0 Å². The number of carbonyl (C=O) groups excluding carboxylic acids is 2. The highest BCUT2D eigenvalue weighted by molar-refractivity contribution is 5.95. The Labute approximate surface area is 196 Å². The van der Waals surface area contributed by atoms with Crippen LogP contribution in [0.1, 0.15) is 22.8 Å². The molecule has 8 heteroatoms. The first kappa shape index (κ1) is 22.6. The van der Waals surface area contributed by atoms with Crippen molar-refractivity contribution in [1.82, 2.24) is 15.3 Å². The quantitative estimate of drug-likeness (QED) is 0.368. The molecule has 34 heavy (non-hydrogen) atoms. The predicted octanol–water partition coefficient (Wildman–Crippen LogP) is 4.91. The molecule has 1 aromatic heterocycles. The molecule has 0 saturated carbocycles. The number of aromatic nitrogens is 2. The van der Waals surface area contributed by atoms with Crippen molar-refractivity contribution in [3.8, 4) is 11.3 Å². The highest BCUT2D eigenvalue weighted by atomic mass is 19.1. The second-order valence-electron chi connectivity index (χ2n) is 7.54. The highest BCUT2D eigenvalue weighted by Gasteiger charge is 2.08. The fraction of sp³-hybridized carbons (Fsp3) is 0.0769. The van der Waals surface area contributed by atoms with Gasteiger partial charge in [-0.05, 0) is 54.1 Å². The molecule has 0 spiro atoms. The van der Waals surface area contributed by atoms with E-state index in [9.17, 15) is 14.0 Å². The Balaban J connectivity index is 1.43. The molecule has 0 atom stereocenters. The van der Waals surface area contributed by atoms with E-state index in [1.165, 1.54) is 19.1 Å². The van der Waals surface area contributed by atoms with Gasteiger partial charge in [0, 0.05) is 42.2 Å². The third kappa shape index (κ3) is 6.01. The van der Waals surface area contributed by atoms with Crippen LogP contribution in [0, 0.1) is 5.82 Å². The smallest absolute Gasteiger partial charge is 0.251 e. The zero-order chi connectivity index (χ0) is 23.9. The first-order chi connectivity index (χ1) is 16.5. The molecule has 3 N–H and O–H groups in total. The van der Waals surface area contributed by atoms with E-state index in [0.29, 0.717) is 34.1 Å².